The highest BCUT2D eigenvalue weighted by atomic mass is 19.1. The Balaban J connectivity index is 1.59. The number of carbonyl (C=O) groups excluding carboxylic acids is 3. The summed E-state index contributed by atoms with van der Waals surface area (Å²) in [5.74, 6) is -2.53. The lowest BCUT2D eigenvalue weighted by molar-refractivity contribution is -0.141. The van der Waals surface area contributed by atoms with E-state index in [0.29, 0.717) is 25.9 Å². The first kappa shape index (κ1) is 20.0. The van der Waals surface area contributed by atoms with Crippen LogP contribution >= 0.6 is 0 Å². The van der Waals surface area contributed by atoms with Crippen molar-refractivity contribution in [1.29, 1.82) is 0 Å². The Bertz CT molecular complexity index is 826. The smallest absolute Gasteiger partial charge is 0.282 e. The van der Waals surface area contributed by atoms with Crippen molar-refractivity contribution >= 4 is 17.7 Å². The Labute approximate surface area is 161 Å². The molecule has 0 saturated carbocycles. The number of hydrogen-bond acceptors (Lipinski definition) is 5. The fourth-order valence-electron chi connectivity index (χ4n) is 3.78. The van der Waals surface area contributed by atoms with Gasteiger partial charge in [-0.1, -0.05) is 0 Å². The molecule has 9 nitrogen and oxygen atoms in total. The normalized spacial score (nSPS) is 18.2. The number of amides is 3. The van der Waals surface area contributed by atoms with Gasteiger partial charge in [-0.3, -0.25) is 23.7 Å². The number of nitrogens with two attached hydrogens (primary N) is 1. The zero-order chi connectivity index (χ0) is 20.3. The average molecular weight is 393 g/mol. The third-order valence-electron chi connectivity index (χ3n) is 5.35. The lowest BCUT2D eigenvalue weighted by atomic mass is 9.94. The third kappa shape index (κ3) is 4.37. The van der Waals surface area contributed by atoms with Gasteiger partial charge in [0, 0.05) is 32.1 Å². The van der Waals surface area contributed by atoms with Crippen LogP contribution in [0.5, 0.6) is 0 Å². The van der Waals surface area contributed by atoms with Gasteiger partial charge in [-0.25, -0.2) is 4.98 Å². The summed E-state index contributed by atoms with van der Waals surface area (Å²) in [6.07, 6.45) is 5.13. The van der Waals surface area contributed by atoms with Crippen LogP contribution in [0.4, 0.5) is 4.39 Å². The molecule has 1 aromatic heterocycles. The molecule has 2 aliphatic rings. The molecule has 0 unspecified atom stereocenters. The molecule has 2 N–H and O–H groups in total. The molecule has 10 heteroatoms. The molecular formula is C18H24FN5O4. The maximum absolute atomic E-state index is 13.5. The number of likely N-dealkylation sites (tertiary alicyclic amines) is 2. The minimum atomic E-state index is -1.15. The molecule has 0 aliphatic carbocycles. The van der Waals surface area contributed by atoms with Crippen molar-refractivity contribution in [1.82, 2.24) is 19.4 Å². The van der Waals surface area contributed by atoms with Crippen LogP contribution in [0, 0.1) is 11.9 Å². The maximum atomic E-state index is 13.5. The predicted octanol–water partition coefficient (Wildman–Crippen LogP) is -0.268. The summed E-state index contributed by atoms with van der Waals surface area (Å²) in [6.45, 7) is 1.98. The van der Waals surface area contributed by atoms with Gasteiger partial charge in [0.25, 0.3) is 11.5 Å². The van der Waals surface area contributed by atoms with Gasteiger partial charge in [-0.2, -0.15) is 4.39 Å². The van der Waals surface area contributed by atoms with Crippen molar-refractivity contribution in [2.24, 2.45) is 11.7 Å². The molecule has 1 aromatic rings. The predicted molar refractivity (Wildman–Crippen MR) is 96.7 cm³/mol. The molecule has 0 radical (unpaired) electrons. The minimum Gasteiger partial charge on any atom is -0.364 e. The number of carbonyl (C=O) groups is 3. The van der Waals surface area contributed by atoms with Gasteiger partial charge in [0.15, 0.2) is 5.69 Å². The van der Waals surface area contributed by atoms with Gasteiger partial charge in [0.1, 0.15) is 6.54 Å². The average Bonchev–Trinajstić information content (AvgIpc) is 2.70. The first-order valence-corrected chi connectivity index (χ1v) is 9.50. The maximum Gasteiger partial charge on any atom is 0.282 e. The van der Waals surface area contributed by atoms with E-state index in [4.69, 9.17) is 5.73 Å². The largest absolute Gasteiger partial charge is 0.364 e. The van der Waals surface area contributed by atoms with Gasteiger partial charge in [0.2, 0.25) is 17.8 Å². The van der Waals surface area contributed by atoms with E-state index in [1.165, 1.54) is 0 Å². The van der Waals surface area contributed by atoms with Crippen LogP contribution in [0.3, 0.4) is 0 Å². The van der Waals surface area contributed by atoms with Crippen LogP contribution < -0.4 is 11.3 Å². The molecular weight excluding hydrogens is 369 g/mol. The summed E-state index contributed by atoms with van der Waals surface area (Å²) in [5.41, 5.74) is 3.38. The number of rotatable bonds is 4. The number of piperidine rings is 2. The molecule has 152 valence electrons. The third-order valence-corrected chi connectivity index (χ3v) is 5.35. The SMILES string of the molecule is NC(=O)c1nc(F)cn(CC(=O)N2CCC(C(=O)N3CCCCC3)CC2)c1=O. The van der Waals surface area contributed by atoms with Crippen LogP contribution in [0.25, 0.3) is 0 Å². The van der Waals surface area contributed by atoms with Crippen LogP contribution in [0.2, 0.25) is 0 Å². The second kappa shape index (κ2) is 8.49. The number of primary amides is 1. The number of hydrogen-bond donors (Lipinski definition) is 1. The molecule has 28 heavy (non-hydrogen) atoms. The van der Waals surface area contributed by atoms with Gasteiger partial charge in [-0.05, 0) is 32.1 Å². The summed E-state index contributed by atoms with van der Waals surface area (Å²) < 4.78 is 14.3. The van der Waals surface area contributed by atoms with Gasteiger partial charge in [-0.15, -0.1) is 0 Å². The van der Waals surface area contributed by atoms with Crippen LogP contribution in [-0.4, -0.2) is 63.3 Å². The van der Waals surface area contributed by atoms with Gasteiger partial charge < -0.3 is 15.5 Å². The molecule has 2 saturated heterocycles. The topological polar surface area (TPSA) is 119 Å². The second-order valence-electron chi connectivity index (χ2n) is 7.25. The van der Waals surface area contributed by atoms with Gasteiger partial charge in [0.05, 0.1) is 6.20 Å². The molecule has 0 spiro atoms. The van der Waals surface area contributed by atoms with Crippen molar-refractivity contribution < 1.29 is 18.8 Å². The Kier molecular flexibility index (Phi) is 6.05. The van der Waals surface area contributed by atoms with E-state index < -0.39 is 29.7 Å². The molecule has 0 bridgehead atoms. The van der Waals surface area contributed by atoms with E-state index in [1.54, 1.807) is 4.90 Å². The first-order valence-electron chi connectivity index (χ1n) is 9.50. The molecule has 0 atom stereocenters. The standard InChI is InChI=1S/C18H24FN5O4/c19-13-10-24(18(28)15(21-13)16(20)26)11-14(25)22-8-4-12(5-9-22)17(27)23-6-2-1-3-7-23/h10,12H,1-9,11H2,(H2,20,26). The Hall–Kier alpha value is -2.78. The Morgan fingerprint density at radius 2 is 1.71 bits per heavy atom. The van der Waals surface area contributed by atoms with Crippen molar-refractivity contribution in [2.75, 3.05) is 26.2 Å². The fourth-order valence-corrected chi connectivity index (χ4v) is 3.78. The van der Waals surface area contributed by atoms with Crippen molar-refractivity contribution in [3.63, 3.8) is 0 Å². The molecule has 3 rings (SSSR count). The lowest BCUT2D eigenvalue weighted by Gasteiger charge is -2.35. The van der Waals surface area contributed by atoms with Gasteiger partial charge >= 0.3 is 0 Å². The van der Waals surface area contributed by atoms with Crippen molar-refractivity contribution in [2.45, 2.75) is 38.6 Å². The van der Waals surface area contributed by atoms with Crippen LogP contribution in [0.15, 0.2) is 11.0 Å². The number of aromatic nitrogens is 2. The summed E-state index contributed by atoms with van der Waals surface area (Å²) in [6, 6.07) is 0. The second-order valence-corrected chi connectivity index (χ2v) is 7.25. The summed E-state index contributed by atoms with van der Waals surface area (Å²) >= 11 is 0. The summed E-state index contributed by atoms with van der Waals surface area (Å²) in [4.78, 5) is 55.0. The fraction of sp³-hybridized carbons (Fsp3) is 0.611. The highest BCUT2D eigenvalue weighted by Crippen LogP contribution is 2.22. The monoisotopic (exact) mass is 393 g/mol. The number of halogens is 1. The summed E-state index contributed by atoms with van der Waals surface area (Å²) in [5, 5.41) is 0. The highest BCUT2D eigenvalue weighted by molar-refractivity contribution is 5.90. The van der Waals surface area contributed by atoms with E-state index in [9.17, 15) is 23.6 Å². The molecule has 0 aromatic carbocycles. The van der Waals surface area contributed by atoms with E-state index >= 15 is 0 Å². The highest BCUT2D eigenvalue weighted by Gasteiger charge is 2.31. The van der Waals surface area contributed by atoms with E-state index in [1.807, 2.05) is 4.90 Å². The lowest BCUT2D eigenvalue weighted by Crippen LogP contribution is -2.47. The van der Waals surface area contributed by atoms with Crippen molar-refractivity contribution in [3.05, 3.63) is 28.2 Å². The van der Waals surface area contributed by atoms with Crippen LogP contribution in [0.1, 0.15) is 42.6 Å². The quantitative estimate of drug-likeness (QED) is 0.756. The number of nitrogens with zero attached hydrogens (tertiary/aromatic N) is 4. The van der Waals surface area contributed by atoms with E-state index in [-0.39, 0.29) is 17.7 Å². The summed E-state index contributed by atoms with van der Waals surface area (Å²) in [7, 11) is 0. The molecule has 3 amide bonds. The van der Waals surface area contributed by atoms with E-state index in [2.05, 4.69) is 4.98 Å². The minimum absolute atomic E-state index is 0.0929. The molecule has 2 aliphatic heterocycles. The molecule has 2 fully saturated rings. The van der Waals surface area contributed by atoms with Crippen molar-refractivity contribution in [3.8, 4) is 0 Å². The van der Waals surface area contributed by atoms with Crippen LogP contribution in [-0.2, 0) is 16.1 Å². The molecule has 3 heterocycles. The Morgan fingerprint density at radius 3 is 2.32 bits per heavy atom. The first-order chi connectivity index (χ1) is 13.4. The zero-order valence-corrected chi connectivity index (χ0v) is 15.6. The van der Waals surface area contributed by atoms with E-state index in [0.717, 1.165) is 43.1 Å². The zero-order valence-electron chi connectivity index (χ0n) is 15.6. The Morgan fingerprint density at radius 1 is 1.07 bits per heavy atom.